The SMILES string of the molecule is CC(=O)Oc1c2n(c(-c3cc(F)c(F)c4c3Cc3ccccc3SC4)cc1=O)NC1COCCN1C2=O. The summed E-state index contributed by atoms with van der Waals surface area (Å²) in [4.78, 5) is 41.0. The number of hydrogen-bond acceptors (Lipinski definition) is 7. The summed E-state index contributed by atoms with van der Waals surface area (Å²) in [5, 5.41) is 0. The number of aromatic nitrogens is 1. The smallest absolute Gasteiger partial charge is 0.308 e. The predicted molar refractivity (Wildman–Crippen MR) is 131 cm³/mol. The summed E-state index contributed by atoms with van der Waals surface area (Å²) in [5.74, 6) is -3.52. The van der Waals surface area contributed by atoms with E-state index in [4.69, 9.17) is 9.47 Å². The molecule has 3 aliphatic heterocycles. The van der Waals surface area contributed by atoms with Crippen LogP contribution in [0.15, 0.2) is 46.1 Å². The Bertz CT molecular complexity index is 1540. The van der Waals surface area contributed by atoms with E-state index in [1.54, 1.807) is 0 Å². The molecule has 1 saturated heterocycles. The highest BCUT2D eigenvalue weighted by molar-refractivity contribution is 7.98. The lowest BCUT2D eigenvalue weighted by Gasteiger charge is -2.42. The first kappa shape index (κ1) is 23.7. The number of hydrogen-bond donors (Lipinski definition) is 1. The lowest BCUT2D eigenvalue weighted by Crippen LogP contribution is -2.59. The zero-order chi connectivity index (χ0) is 25.8. The number of nitrogens with one attached hydrogen (secondary N) is 1. The van der Waals surface area contributed by atoms with Crippen LogP contribution in [0, 0.1) is 11.6 Å². The molecule has 1 unspecified atom stereocenters. The van der Waals surface area contributed by atoms with Gasteiger partial charge in [0.2, 0.25) is 11.2 Å². The maximum absolute atomic E-state index is 15.1. The second kappa shape index (κ2) is 9.00. The molecule has 1 aromatic heterocycles. The average Bonchev–Trinajstić information content (AvgIpc) is 3.08. The van der Waals surface area contributed by atoms with Gasteiger partial charge in [0.05, 0.1) is 18.9 Å². The summed E-state index contributed by atoms with van der Waals surface area (Å²) in [5.41, 5.74) is 4.34. The first-order valence-electron chi connectivity index (χ1n) is 11.7. The zero-order valence-electron chi connectivity index (χ0n) is 19.7. The average molecular weight is 526 g/mol. The van der Waals surface area contributed by atoms with Crippen LogP contribution < -0.4 is 15.6 Å². The summed E-state index contributed by atoms with van der Waals surface area (Å²) >= 11 is 1.41. The molecule has 4 heterocycles. The predicted octanol–water partition coefficient (Wildman–Crippen LogP) is 3.27. The van der Waals surface area contributed by atoms with Crippen molar-refractivity contribution < 1.29 is 27.8 Å². The van der Waals surface area contributed by atoms with E-state index in [1.807, 2.05) is 24.3 Å². The van der Waals surface area contributed by atoms with Crippen LogP contribution in [0.25, 0.3) is 11.3 Å². The number of carbonyl (C=O) groups excluding carboxylic acids is 2. The number of nitrogens with zero attached hydrogens (tertiary/aromatic N) is 2. The molecular weight excluding hydrogens is 504 g/mol. The van der Waals surface area contributed by atoms with E-state index in [1.165, 1.54) is 27.4 Å². The minimum absolute atomic E-state index is 0.161. The van der Waals surface area contributed by atoms with Crippen molar-refractivity contribution in [1.29, 1.82) is 0 Å². The standard InChI is InChI=1S/C26H21F2N3O5S/c1-13(32)36-25-20(33)10-19(31-24(25)26(34)30-6-7-35-11-22(30)29-31)16-9-18(27)23(28)17-12-37-21-5-3-2-4-14(21)8-15(16)17/h2-5,9-10,22,29H,6-8,11-12H2,1H3. The molecule has 1 amide bonds. The van der Waals surface area contributed by atoms with E-state index < -0.39 is 40.9 Å². The molecular formula is C26H21F2N3O5S. The molecule has 8 nitrogen and oxygen atoms in total. The largest absolute Gasteiger partial charge is 0.420 e. The van der Waals surface area contributed by atoms with Crippen molar-refractivity contribution in [2.24, 2.45) is 0 Å². The number of thioether (sulfide) groups is 1. The van der Waals surface area contributed by atoms with Gasteiger partial charge in [-0.1, -0.05) is 18.2 Å². The molecule has 0 saturated carbocycles. The molecule has 0 radical (unpaired) electrons. The van der Waals surface area contributed by atoms with Crippen LogP contribution in [0.1, 0.15) is 34.1 Å². The van der Waals surface area contributed by atoms with Gasteiger partial charge in [-0.25, -0.2) is 13.5 Å². The lowest BCUT2D eigenvalue weighted by molar-refractivity contribution is -0.132. The Balaban J connectivity index is 1.62. The summed E-state index contributed by atoms with van der Waals surface area (Å²) in [6.07, 6.45) is -0.271. The lowest BCUT2D eigenvalue weighted by atomic mass is 9.92. The number of ether oxygens (including phenoxy) is 2. The molecule has 37 heavy (non-hydrogen) atoms. The molecule has 190 valence electrons. The second-order valence-electron chi connectivity index (χ2n) is 8.97. The van der Waals surface area contributed by atoms with Gasteiger partial charge >= 0.3 is 5.97 Å². The maximum atomic E-state index is 15.1. The quantitative estimate of drug-likeness (QED) is 0.514. The number of pyridine rings is 1. The highest BCUT2D eigenvalue weighted by atomic mass is 32.2. The van der Waals surface area contributed by atoms with Crippen molar-refractivity contribution in [3.05, 3.63) is 80.6 Å². The Hall–Kier alpha value is -3.70. The van der Waals surface area contributed by atoms with Gasteiger partial charge in [-0.2, -0.15) is 0 Å². The fourth-order valence-electron chi connectivity index (χ4n) is 5.03. The molecule has 1 N–H and O–H groups in total. The van der Waals surface area contributed by atoms with Gasteiger partial charge in [-0.3, -0.25) is 14.4 Å². The van der Waals surface area contributed by atoms with Gasteiger partial charge in [0, 0.05) is 41.3 Å². The first-order valence-corrected chi connectivity index (χ1v) is 12.7. The fourth-order valence-corrected chi connectivity index (χ4v) is 6.13. The number of amides is 1. The number of benzene rings is 2. The Morgan fingerprint density at radius 1 is 1.19 bits per heavy atom. The van der Waals surface area contributed by atoms with Crippen molar-refractivity contribution in [3.63, 3.8) is 0 Å². The normalized spacial score (nSPS) is 18.1. The van der Waals surface area contributed by atoms with Gasteiger partial charge in [0.15, 0.2) is 17.3 Å². The van der Waals surface area contributed by atoms with Gasteiger partial charge in [-0.05, 0) is 29.7 Å². The molecule has 6 rings (SSSR count). The first-order chi connectivity index (χ1) is 17.8. The summed E-state index contributed by atoms with van der Waals surface area (Å²) < 4.78 is 42.1. The van der Waals surface area contributed by atoms with Crippen LogP contribution in [0.5, 0.6) is 5.75 Å². The molecule has 3 aliphatic rings. The molecule has 2 aromatic carbocycles. The van der Waals surface area contributed by atoms with Crippen LogP contribution in [0.3, 0.4) is 0 Å². The molecule has 1 fully saturated rings. The molecule has 0 spiro atoms. The van der Waals surface area contributed by atoms with Gasteiger partial charge in [0.1, 0.15) is 6.17 Å². The Labute approximate surface area is 214 Å². The topological polar surface area (TPSA) is 89.9 Å². The van der Waals surface area contributed by atoms with Crippen LogP contribution in [0.2, 0.25) is 0 Å². The molecule has 0 aliphatic carbocycles. The molecule has 1 atom stereocenters. The van der Waals surface area contributed by atoms with Gasteiger partial charge in [0.25, 0.3) is 5.91 Å². The van der Waals surface area contributed by atoms with E-state index in [2.05, 4.69) is 5.43 Å². The van der Waals surface area contributed by atoms with Crippen molar-refractivity contribution in [2.75, 3.05) is 25.2 Å². The Morgan fingerprint density at radius 3 is 2.81 bits per heavy atom. The number of fused-ring (bicyclic) bond motifs is 4. The summed E-state index contributed by atoms with van der Waals surface area (Å²) in [6.45, 7) is 1.89. The number of carbonyl (C=O) groups is 2. The number of rotatable bonds is 2. The molecule has 3 aromatic rings. The van der Waals surface area contributed by atoms with Crippen LogP contribution in [0.4, 0.5) is 8.78 Å². The van der Waals surface area contributed by atoms with Crippen molar-refractivity contribution in [3.8, 4) is 17.0 Å². The Morgan fingerprint density at radius 2 is 2.00 bits per heavy atom. The van der Waals surface area contributed by atoms with Crippen LogP contribution in [-0.2, 0) is 21.7 Å². The minimum Gasteiger partial charge on any atom is -0.420 e. The summed E-state index contributed by atoms with van der Waals surface area (Å²) in [6, 6.07) is 9.85. The van der Waals surface area contributed by atoms with E-state index in [0.717, 1.165) is 23.4 Å². The van der Waals surface area contributed by atoms with E-state index in [-0.39, 0.29) is 41.4 Å². The maximum Gasteiger partial charge on any atom is 0.308 e. The third-order valence-electron chi connectivity index (χ3n) is 6.71. The van der Waals surface area contributed by atoms with E-state index in [0.29, 0.717) is 18.6 Å². The van der Waals surface area contributed by atoms with E-state index >= 15 is 4.39 Å². The summed E-state index contributed by atoms with van der Waals surface area (Å²) in [7, 11) is 0. The van der Waals surface area contributed by atoms with E-state index in [9.17, 15) is 18.8 Å². The Kier molecular flexibility index (Phi) is 5.76. The number of esters is 1. The van der Waals surface area contributed by atoms with Crippen LogP contribution in [-0.4, -0.2) is 47.4 Å². The van der Waals surface area contributed by atoms with Crippen molar-refractivity contribution in [2.45, 2.75) is 30.2 Å². The monoisotopic (exact) mass is 525 g/mol. The van der Waals surface area contributed by atoms with Crippen LogP contribution >= 0.6 is 11.8 Å². The van der Waals surface area contributed by atoms with Gasteiger partial charge in [-0.15, -0.1) is 11.8 Å². The highest BCUT2D eigenvalue weighted by Crippen LogP contribution is 2.40. The second-order valence-corrected chi connectivity index (χ2v) is 9.99. The van der Waals surface area contributed by atoms with Crippen molar-refractivity contribution in [1.82, 2.24) is 9.58 Å². The van der Waals surface area contributed by atoms with Crippen molar-refractivity contribution >= 4 is 23.6 Å². The fraction of sp³-hybridized carbons (Fsp3) is 0.269. The number of halogens is 2. The minimum atomic E-state index is -1.06. The number of morpholine rings is 1. The highest BCUT2D eigenvalue weighted by Gasteiger charge is 2.39. The zero-order valence-corrected chi connectivity index (χ0v) is 20.5. The molecule has 0 bridgehead atoms. The van der Waals surface area contributed by atoms with Gasteiger partial charge < -0.3 is 19.8 Å². The third-order valence-corrected chi connectivity index (χ3v) is 7.85. The molecule has 11 heteroatoms. The third kappa shape index (κ3) is 3.89.